The molecule has 4 atom stereocenters. The number of hydrogen-bond acceptors (Lipinski definition) is 9. The minimum atomic E-state index is -2.99. The van der Waals surface area contributed by atoms with Crippen molar-refractivity contribution in [3.63, 3.8) is 0 Å². The molecule has 0 unspecified atom stereocenters. The first kappa shape index (κ1) is 35.9. The van der Waals surface area contributed by atoms with E-state index in [0.717, 1.165) is 10.1 Å². The van der Waals surface area contributed by atoms with Gasteiger partial charge < -0.3 is 32.9 Å². The highest BCUT2D eigenvalue weighted by Crippen LogP contribution is 2.48. The van der Waals surface area contributed by atoms with E-state index in [2.05, 4.69) is 55.4 Å². The molecule has 0 aliphatic carbocycles. The lowest BCUT2D eigenvalue weighted by molar-refractivity contribution is -0.0732. The summed E-state index contributed by atoms with van der Waals surface area (Å²) in [6.45, 7) is 19.8. The van der Waals surface area contributed by atoms with Gasteiger partial charge in [0.25, 0.3) is 5.56 Å². The monoisotopic (exact) mass is 663 g/mol. The number of aryl methyl sites for hydroxylation is 1. The van der Waals surface area contributed by atoms with Crippen LogP contribution >= 0.6 is 0 Å². The van der Waals surface area contributed by atoms with Crippen LogP contribution < -0.4 is 17.0 Å². The van der Waals surface area contributed by atoms with Crippen LogP contribution in [0.5, 0.6) is 0 Å². The Labute approximate surface area is 269 Å². The second-order valence-electron chi connectivity index (χ2n) is 13.4. The number of rotatable bonds is 12. The fraction of sp³-hybridized carbons (Fsp3) is 0.688. The van der Waals surface area contributed by atoms with Crippen LogP contribution in [-0.2, 0) is 40.5 Å². The summed E-state index contributed by atoms with van der Waals surface area (Å²) in [4.78, 5) is 27.1. The maximum Gasteiger partial charge on any atom is 0.335 e. The average molecular weight is 664 g/mol. The second kappa shape index (κ2) is 14.9. The van der Waals surface area contributed by atoms with Crippen LogP contribution in [0.1, 0.15) is 72.7 Å². The first-order valence-electron chi connectivity index (χ1n) is 16.2. The minimum Gasteiger partial charge on any atom is -0.414 e. The van der Waals surface area contributed by atoms with E-state index in [1.54, 1.807) is 6.92 Å². The molecule has 2 N–H and O–H groups in total. The van der Waals surface area contributed by atoms with Crippen molar-refractivity contribution in [2.24, 2.45) is 5.73 Å². The van der Waals surface area contributed by atoms with E-state index in [0.29, 0.717) is 5.56 Å². The van der Waals surface area contributed by atoms with E-state index in [1.165, 1.54) is 10.8 Å². The third-order valence-electron chi connectivity index (χ3n) is 9.02. The summed E-state index contributed by atoms with van der Waals surface area (Å²) in [6.07, 6.45) is -1.16. The summed E-state index contributed by atoms with van der Waals surface area (Å²) in [6, 6.07) is 9.60. The SMILES string of the molecule is Cc1cn([C@@H]2O[C@@H]3CO[Si](C(C)C)(C(C)C)O[Si](C(C)C)(C(C)C)O[C@H]3[C@H]2OCCN)c(=O)n(COCc2ccccc2)c1=O. The van der Waals surface area contributed by atoms with Crippen LogP contribution in [0.3, 0.4) is 0 Å². The molecular weight excluding hydrogens is 611 g/mol. The standard InChI is InChI=1S/C32H53N3O8Si2/c1-21(2)44(22(3)4)40-19-27-28(42-45(43-44,23(5)6)24(7)8)29(39-16-15-33)31(41-27)34-17-25(9)30(36)35(32(34)37)20-38-18-26-13-11-10-12-14-26/h10-14,17,21-24,27-29,31H,15-16,18-20,33H2,1-9H3/t27-,28-,29-,31-/m1/s1. The van der Waals surface area contributed by atoms with Gasteiger partial charge in [-0.1, -0.05) is 85.7 Å². The summed E-state index contributed by atoms with van der Waals surface area (Å²) in [7, 11) is -5.79. The van der Waals surface area contributed by atoms with E-state index in [9.17, 15) is 9.59 Å². The predicted molar refractivity (Wildman–Crippen MR) is 177 cm³/mol. The Morgan fingerprint density at radius 3 is 2.16 bits per heavy atom. The van der Waals surface area contributed by atoms with E-state index < -0.39 is 52.9 Å². The van der Waals surface area contributed by atoms with E-state index >= 15 is 0 Å². The Kier molecular flexibility index (Phi) is 11.9. The van der Waals surface area contributed by atoms with Crippen molar-refractivity contribution in [1.29, 1.82) is 0 Å². The quantitative estimate of drug-likeness (QED) is 0.322. The van der Waals surface area contributed by atoms with Gasteiger partial charge in [-0.3, -0.25) is 9.36 Å². The first-order valence-corrected chi connectivity index (χ1v) is 20.2. The third kappa shape index (κ3) is 7.16. The summed E-state index contributed by atoms with van der Waals surface area (Å²) < 4.78 is 42.9. The molecule has 0 bridgehead atoms. The highest BCUT2D eigenvalue weighted by molar-refractivity contribution is 6.84. The molecule has 0 saturated carbocycles. The van der Waals surface area contributed by atoms with Gasteiger partial charge in [-0.25, -0.2) is 9.36 Å². The van der Waals surface area contributed by atoms with Gasteiger partial charge in [0.1, 0.15) is 25.0 Å². The van der Waals surface area contributed by atoms with Crippen molar-refractivity contribution < 1.29 is 27.2 Å². The number of benzene rings is 1. The fourth-order valence-corrected chi connectivity index (χ4v) is 17.8. The fourth-order valence-electron chi connectivity index (χ4n) is 6.61. The molecule has 2 fully saturated rings. The molecule has 1 aromatic carbocycles. The van der Waals surface area contributed by atoms with Gasteiger partial charge in [0.2, 0.25) is 0 Å². The summed E-state index contributed by atoms with van der Waals surface area (Å²) in [5.74, 6) is 0. The lowest BCUT2D eigenvalue weighted by Crippen LogP contribution is -2.66. The van der Waals surface area contributed by atoms with Crippen LogP contribution in [-0.4, -0.2) is 64.3 Å². The zero-order valence-electron chi connectivity index (χ0n) is 28.4. The molecule has 2 aromatic rings. The first-order chi connectivity index (χ1) is 21.3. The molecule has 252 valence electrons. The lowest BCUT2D eigenvalue weighted by Gasteiger charge is -2.51. The van der Waals surface area contributed by atoms with Crippen molar-refractivity contribution in [3.8, 4) is 0 Å². The molecule has 2 aliphatic rings. The van der Waals surface area contributed by atoms with Crippen molar-refractivity contribution in [2.75, 3.05) is 19.8 Å². The maximum atomic E-state index is 14.0. The third-order valence-corrected chi connectivity index (χ3v) is 19.3. The smallest absolute Gasteiger partial charge is 0.335 e. The van der Waals surface area contributed by atoms with E-state index in [-0.39, 0.29) is 55.3 Å². The number of hydrogen-bond donors (Lipinski definition) is 1. The van der Waals surface area contributed by atoms with Gasteiger partial charge in [-0.05, 0) is 34.7 Å². The average Bonchev–Trinajstić information content (AvgIpc) is 3.31. The summed E-state index contributed by atoms with van der Waals surface area (Å²) >= 11 is 0. The van der Waals surface area contributed by atoms with Gasteiger partial charge in [0.05, 0.1) is 19.8 Å². The number of aromatic nitrogens is 2. The van der Waals surface area contributed by atoms with Crippen LogP contribution in [0.15, 0.2) is 46.1 Å². The predicted octanol–water partition coefficient (Wildman–Crippen LogP) is 4.69. The number of nitrogens with two attached hydrogens (primary N) is 1. The topological polar surface area (TPSA) is 125 Å². The van der Waals surface area contributed by atoms with Crippen molar-refractivity contribution >= 4 is 17.1 Å². The van der Waals surface area contributed by atoms with Crippen LogP contribution in [0.4, 0.5) is 0 Å². The van der Waals surface area contributed by atoms with Crippen molar-refractivity contribution in [3.05, 3.63) is 68.5 Å². The zero-order chi connectivity index (χ0) is 33.1. The van der Waals surface area contributed by atoms with Crippen LogP contribution in [0.2, 0.25) is 22.2 Å². The molecule has 3 heterocycles. The molecule has 0 spiro atoms. The molecular formula is C32H53N3O8Si2. The van der Waals surface area contributed by atoms with Crippen LogP contribution in [0, 0.1) is 6.92 Å². The van der Waals surface area contributed by atoms with Crippen molar-refractivity contribution in [1.82, 2.24) is 9.13 Å². The van der Waals surface area contributed by atoms with Crippen LogP contribution in [0.25, 0.3) is 0 Å². The normalized spacial score (nSPS) is 24.8. The summed E-state index contributed by atoms with van der Waals surface area (Å²) in [5, 5.41) is 0. The Morgan fingerprint density at radius 1 is 0.956 bits per heavy atom. The molecule has 2 saturated heterocycles. The molecule has 45 heavy (non-hydrogen) atoms. The van der Waals surface area contributed by atoms with Gasteiger partial charge >= 0.3 is 22.8 Å². The Balaban J connectivity index is 1.76. The highest BCUT2D eigenvalue weighted by atomic mass is 28.5. The Hall–Kier alpha value is -1.95. The van der Waals surface area contributed by atoms with E-state index in [4.69, 9.17) is 32.9 Å². The van der Waals surface area contributed by atoms with Gasteiger partial charge in [-0.2, -0.15) is 0 Å². The lowest BCUT2D eigenvalue weighted by atomic mass is 10.1. The molecule has 13 heteroatoms. The number of fused-ring (bicyclic) bond motifs is 1. The van der Waals surface area contributed by atoms with Gasteiger partial charge in [0, 0.05) is 18.3 Å². The molecule has 2 aliphatic heterocycles. The largest absolute Gasteiger partial charge is 0.414 e. The van der Waals surface area contributed by atoms with E-state index in [1.807, 2.05) is 30.3 Å². The molecule has 0 amide bonds. The zero-order valence-corrected chi connectivity index (χ0v) is 30.4. The van der Waals surface area contributed by atoms with Gasteiger partial charge in [0.15, 0.2) is 6.23 Å². The maximum absolute atomic E-state index is 14.0. The minimum absolute atomic E-state index is 0.104. The van der Waals surface area contributed by atoms with Crippen molar-refractivity contribution in [2.45, 2.75) is 122 Å². The van der Waals surface area contributed by atoms with Gasteiger partial charge in [-0.15, -0.1) is 0 Å². The second-order valence-corrected chi connectivity index (χ2v) is 22.3. The molecule has 0 radical (unpaired) electrons. The number of ether oxygens (including phenoxy) is 3. The summed E-state index contributed by atoms with van der Waals surface area (Å²) in [5.41, 5.74) is 6.79. The number of nitrogens with zero attached hydrogens (tertiary/aromatic N) is 2. The Bertz CT molecular complexity index is 1360. The molecule has 1 aromatic heterocycles. The molecule has 11 nitrogen and oxygen atoms in total. The Morgan fingerprint density at radius 2 is 1.58 bits per heavy atom. The highest BCUT2D eigenvalue weighted by Gasteiger charge is 2.62. The molecule has 4 rings (SSSR count).